The molecule has 0 saturated carbocycles. The van der Waals surface area contributed by atoms with Crippen LogP contribution in [0.4, 0.5) is 0 Å². The Labute approximate surface area is 187 Å². The Kier molecular flexibility index (Phi) is 7.03. The molecule has 1 unspecified atom stereocenters. The third kappa shape index (κ3) is 4.75. The number of ketones is 1. The zero-order chi connectivity index (χ0) is 22.7. The average molecular weight is 443 g/mol. The van der Waals surface area contributed by atoms with E-state index in [9.17, 15) is 14.7 Å². The van der Waals surface area contributed by atoms with Crippen LogP contribution in [0.15, 0.2) is 48.0 Å². The Morgan fingerprint density at radius 3 is 2.42 bits per heavy atom. The molecule has 7 heteroatoms. The fraction of sp³-hybridized carbons (Fsp3) is 0.333. The van der Waals surface area contributed by atoms with Gasteiger partial charge < -0.3 is 19.6 Å². The molecule has 0 aromatic heterocycles. The predicted octanol–water partition coefficient (Wildman–Crippen LogP) is 4.03. The lowest BCUT2D eigenvalue weighted by molar-refractivity contribution is -0.140. The van der Waals surface area contributed by atoms with E-state index in [1.165, 1.54) is 4.90 Å². The van der Waals surface area contributed by atoms with Crippen LogP contribution < -0.4 is 4.74 Å². The van der Waals surface area contributed by atoms with E-state index in [-0.39, 0.29) is 11.3 Å². The third-order valence-corrected chi connectivity index (χ3v) is 5.51. The highest BCUT2D eigenvalue weighted by Crippen LogP contribution is 2.40. The van der Waals surface area contributed by atoms with Gasteiger partial charge in [0.1, 0.15) is 11.5 Å². The van der Waals surface area contributed by atoms with Crippen molar-refractivity contribution in [1.82, 2.24) is 9.80 Å². The zero-order valence-electron chi connectivity index (χ0n) is 18.2. The number of rotatable bonds is 7. The second-order valence-electron chi connectivity index (χ2n) is 7.76. The molecular formula is C24H27ClN2O4. The average Bonchev–Trinajstić information content (AvgIpc) is 2.98. The Bertz CT molecular complexity index is 1010. The molecule has 164 valence electrons. The zero-order valence-corrected chi connectivity index (χ0v) is 18.9. The number of aliphatic hydroxyl groups is 1. The normalized spacial score (nSPS) is 18.1. The molecule has 2 aromatic carbocycles. The summed E-state index contributed by atoms with van der Waals surface area (Å²) in [6, 6.07) is 11.5. The number of hydrogen-bond donors (Lipinski definition) is 1. The Morgan fingerprint density at radius 2 is 1.84 bits per heavy atom. The first-order valence-electron chi connectivity index (χ1n) is 10.2. The van der Waals surface area contributed by atoms with Crippen molar-refractivity contribution >= 4 is 29.1 Å². The van der Waals surface area contributed by atoms with Crippen LogP contribution in [-0.4, -0.2) is 60.4 Å². The molecule has 31 heavy (non-hydrogen) atoms. The number of likely N-dealkylation sites (N-methyl/N-ethyl adjacent to an activating group) is 1. The molecule has 3 rings (SSSR count). The second kappa shape index (κ2) is 9.54. The van der Waals surface area contributed by atoms with E-state index < -0.39 is 17.7 Å². The first-order valence-corrected chi connectivity index (χ1v) is 10.5. The quantitative estimate of drug-likeness (QED) is 0.398. The lowest BCUT2D eigenvalue weighted by Crippen LogP contribution is -2.35. The van der Waals surface area contributed by atoms with E-state index in [1.54, 1.807) is 42.5 Å². The second-order valence-corrected chi connectivity index (χ2v) is 8.20. The van der Waals surface area contributed by atoms with Crippen molar-refractivity contribution in [1.29, 1.82) is 0 Å². The maximum Gasteiger partial charge on any atom is 0.295 e. The van der Waals surface area contributed by atoms with E-state index in [0.717, 1.165) is 5.56 Å². The van der Waals surface area contributed by atoms with Crippen LogP contribution in [0.25, 0.3) is 5.76 Å². The van der Waals surface area contributed by atoms with Crippen molar-refractivity contribution in [3.8, 4) is 5.75 Å². The molecule has 1 fully saturated rings. The standard InChI is InChI=1S/C24H27ClN2O4/c1-5-31-19-11-8-17(14-15(19)2)22(28)20-21(16-6-9-18(25)10-7-16)27(13-12-26(3)4)24(30)23(20)29/h6-11,14,21,28H,5,12-13H2,1-4H3. The van der Waals surface area contributed by atoms with E-state index >= 15 is 0 Å². The lowest BCUT2D eigenvalue weighted by atomic mass is 9.95. The van der Waals surface area contributed by atoms with Crippen LogP contribution in [0.2, 0.25) is 5.02 Å². The molecule has 1 heterocycles. The topological polar surface area (TPSA) is 70.1 Å². The number of carbonyl (C=O) groups excluding carboxylic acids is 2. The Hall–Kier alpha value is -2.83. The number of nitrogens with zero attached hydrogens (tertiary/aromatic N) is 2. The maximum atomic E-state index is 13.0. The molecule has 0 aliphatic carbocycles. The number of aryl methyl sites for hydroxylation is 1. The van der Waals surface area contributed by atoms with E-state index in [1.807, 2.05) is 32.8 Å². The number of halogens is 1. The minimum absolute atomic E-state index is 0.0784. The van der Waals surface area contributed by atoms with Gasteiger partial charge in [0, 0.05) is 23.7 Å². The minimum atomic E-state index is -0.692. The van der Waals surface area contributed by atoms with Crippen molar-refractivity contribution in [2.45, 2.75) is 19.9 Å². The molecule has 2 aromatic rings. The van der Waals surface area contributed by atoms with Crippen LogP contribution in [-0.2, 0) is 9.59 Å². The number of hydrogen-bond acceptors (Lipinski definition) is 5. The van der Waals surface area contributed by atoms with Crippen LogP contribution >= 0.6 is 11.6 Å². The van der Waals surface area contributed by atoms with Gasteiger partial charge >= 0.3 is 0 Å². The van der Waals surface area contributed by atoms with Gasteiger partial charge in [-0.15, -0.1) is 0 Å². The van der Waals surface area contributed by atoms with Gasteiger partial charge in [0.15, 0.2) is 0 Å². The third-order valence-electron chi connectivity index (χ3n) is 5.26. The molecule has 1 N–H and O–H groups in total. The smallest absolute Gasteiger partial charge is 0.295 e. The SMILES string of the molecule is CCOc1ccc(C(O)=C2C(=O)C(=O)N(CCN(C)C)C2c2ccc(Cl)cc2)cc1C. The van der Waals surface area contributed by atoms with Crippen molar-refractivity contribution in [2.24, 2.45) is 0 Å². The molecule has 6 nitrogen and oxygen atoms in total. The summed E-state index contributed by atoms with van der Waals surface area (Å²) in [5.74, 6) is -0.801. The summed E-state index contributed by atoms with van der Waals surface area (Å²) in [5, 5.41) is 11.7. The number of benzene rings is 2. The first kappa shape index (κ1) is 22.8. The van der Waals surface area contributed by atoms with E-state index in [2.05, 4.69) is 0 Å². The van der Waals surface area contributed by atoms with E-state index in [0.29, 0.717) is 41.6 Å². The Morgan fingerprint density at radius 1 is 1.16 bits per heavy atom. The number of Topliss-reactive ketones (excluding diaryl/α,β-unsaturated/α-hetero) is 1. The molecule has 1 atom stereocenters. The molecular weight excluding hydrogens is 416 g/mol. The summed E-state index contributed by atoms with van der Waals surface area (Å²) in [5.41, 5.74) is 2.09. The highest BCUT2D eigenvalue weighted by atomic mass is 35.5. The summed E-state index contributed by atoms with van der Waals surface area (Å²) in [7, 11) is 3.80. The fourth-order valence-electron chi connectivity index (χ4n) is 3.68. The number of ether oxygens (including phenoxy) is 1. The van der Waals surface area contributed by atoms with Crippen LogP contribution in [0.5, 0.6) is 5.75 Å². The monoisotopic (exact) mass is 442 g/mol. The molecule has 1 aliphatic rings. The van der Waals surface area contributed by atoms with Gasteiger partial charge in [-0.1, -0.05) is 23.7 Å². The van der Waals surface area contributed by atoms with E-state index in [4.69, 9.17) is 16.3 Å². The maximum absolute atomic E-state index is 13.0. The molecule has 0 spiro atoms. The summed E-state index contributed by atoms with van der Waals surface area (Å²) in [6.07, 6.45) is 0. The van der Waals surface area contributed by atoms with Crippen LogP contribution in [0.1, 0.15) is 29.7 Å². The van der Waals surface area contributed by atoms with Gasteiger partial charge in [-0.2, -0.15) is 0 Å². The van der Waals surface area contributed by atoms with Crippen molar-refractivity contribution in [3.05, 3.63) is 69.8 Å². The molecule has 1 saturated heterocycles. The summed E-state index contributed by atoms with van der Waals surface area (Å²) in [6.45, 7) is 5.23. The highest BCUT2D eigenvalue weighted by molar-refractivity contribution is 6.46. The van der Waals surface area contributed by atoms with Gasteiger partial charge in [0.25, 0.3) is 11.7 Å². The van der Waals surface area contributed by atoms with Crippen LogP contribution in [0.3, 0.4) is 0 Å². The lowest BCUT2D eigenvalue weighted by Gasteiger charge is -2.26. The van der Waals surface area contributed by atoms with Crippen LogP contribution in [0, 0.1) is 6.92 Å². The number of aliphatic hydroxyl groups excluding tert-OH is 1. The number of amides is 1. The fourth-order valence-corrected chi connectivity index (χ4v) is 3.81. The summed E-state index contributed by atoms with van der Waals surface area (Å²) >= 11 is 6.04. The van der Waals surface area contributed by atoms with Gasteiger partial charge in [0.05, 0.1) is 18.2 Å². The predicted molar refractivity (Wildman–Crippen MR) is 121 cm³/mol. The number of carbonyl (C=O) groups is 2. The first-order chi connectivity index (χ1) is 14.7. The molecule has 1 aliphatic heterocycles. The Balaban J connectivity index is 2.12. The van der Waals surface area contributed by atoms with Gasteiger partial charge in [0.2, 0.25) is 0 Å². The molecule has 0 bridgehead atoms. The molecule has 0 radical (unpaired) electrons. The minimum Gasteiger partial charge on any atom is -0.507 e. The van der Waals surface area contributed by atoms with Crippen molar-refractivity contribution in [2.75, 3.05) is 33.8 Å². The summed E-state index contributed by atoms with van der Waals surface area (Å²) in [4.78, 5) is 29.3. The summed E-state index contributed by atoms with van der Waals surface area (Å²) < 4.78 is 5.56. The molecule has 1 amide bonds. The van der Waals surface area contributed by atoms with Crippen molar-refractivity contribution < 1.29 is 19.4 Å². The van der Waals surface area contributed by atoms with Crippen molar-refractivity contribution in [3.63, 3.8) is 0 Å². The van der Waals surface area contributed by atoms with Gasteiger partial charge in [-0.3, -0.25) is 9.59 Å². The van der Waals surface area contributed by atoms with Gasteiger partial charge in [-0.05, 0) is 69.4 Å². The van der Waals surface area contributed by atoms with Gasteiger partial charge in [-0.25, -0.2) is 0 Å². The largest absolute Gasteiger partial charge is 0.507 e. The number of likely N-dealkylation sites (tertiary alicyclic amines) is 1. The highest BCUT2D eigenvalue weighted by Gasteiger charge is 2.45.